The van der Waals surface area contributed by atoms with Crippen molar-refractivity contribution in [2.24, 2.45) is 0 Å². The van der Waals surface area contributed by atoms with Gasteiger partial charge in [0.2, 0.25) is 0 Å². The molecule has 1 aliphatic rings. The van der Waals surface area contributed by atoms with Crippen LogP contribution in [0.15, 0.2) is 24.3 Å². The zero-order chi connectivity index (χ0) is 8.39. The van der Waals surface area contributed by atoms with Crippen molar-refractivity contribution in [3.8, 4) is 0 Å². The monoisotopic (exact) mass is 167 g/mol. The molecule has 0 aliphatic carbocycles. The van der Waals surface area contributed by atoms with Crippen molar-refractivity contribution in [2.75, 3.05) is 13.2 Å². The number of hydrogen-bond acceptors (Lipinski definition) is 2. The Morgan fingerprint density at radius 2 is 2.08 bits per heavy atom. The molecule has 12 heavy (non-hydrogen) atoms. The topological polar surface area (TPSA) is 21.3 Å². The third-order valence-electron chi connectivity index (χ3n) is 2.06. The lowest BCUT2D eigenvalue weighted by Crippen LogP contribution is -2.06. The van der Waals surface area contributed by atoms with Gasteiger partial charge in [0.05, 0.1) is 6.61 Å². The van der Waals surface area contributed by atoms with Gasteiger partial charge in [0, 0.05) is 12.5 Å². The van der Waals surface area contributed by atoms with E-state index >= 15 is 0 Å². The van der Waals surface area contributed by atoms with Crippen LogP contribution in [0.4, 0.5) is 4.39 Å². The summed E-state index contributed by atoms with van der Waals surface area (Å²) in [6.07, 6.45) is 0. The molecule has 0 saturated carbocycles. The Morgan fingerprint density at radius 1 is 1.33 bits per heavy atom. The molecule has 1 aliphatic heterocycles. The maximum Gasteiger partial charge on any atom is 0.123 e. The molecule has 0 spiro atoms. The summed E-state index contributed by atoms with van der Waals surface area (Å²) >= 11 is 0. The molecule has 0 amide bonds. The molecule has 1 N–H and O–H groups in total. The third-order valence-corrected chi connectivity index (χ3v) is 2.06. The Bertz CT molecular complexity index is 254. The van der Waals surface area contributed by atoms with E-state index in [1.165, 1.54) is 12.1 Å². The van der Waals surface area contributed by atoms with Gasteiger partial charge in [-0.25, -0.2) is 9.87 Å². The van der Waals surface area contributed by atoms with Gasteiger partial charge in [0.1, 0.15) is 5.82 Å². The van der Waals surface area contributed by atoms with Gasteiger partial charge in [0.25, 0.3) is 0 Å². The fourth-order valence-electron chi connectivity index (χ4n) is 1.33. The van der Waals surface area contributed by atoms with Crippen molar-refractivity contribution >= 4 is 0 Å². The van der Waals surface area contributed by atoms with E-state index < -0.39 is 0 Å². The standard InChI is InChI=1S/C9H10FNO/c10-9-3-1-7(2-4-9)8-5-11-12-6-8/h1-4,8,11H,5-6H2. The third kappa shape index (κ3) is 1.47. The molecule has 0 aromatic heterocycles. The van der Waals surface area contributed by atoms with E-state index in [2.05, 4.69) is 5.48 Å². The lowest BCUT2D eigenvalue weighted by molar-refractivity contribution is 0.101. The summed E-state index contributed by atoms with van der Waals surface area (Å²) in [4.78, 5) is 5.00. The van der Waals surface area contributed by atoms with Crippen molar-refractivity contribution in [2.45, 2.75) is 5.92 Å². The number of hydroxylamine groups is 1. The first-order valence-electron chi connectivity index (χ1n) is 3.96. The molecule has 1 fully saturated rings. The van der Waals surface area contributed by atoms with Gasteiger partial charge < -0.3 is 4.84 Å². The Kier molecular flexibility index (Phi) is 2.06. The average molecular weight is 167 g/mol. The Hall–Kier alpha value is -0.930. The number of halogens is 1. The normalized spacial score (nSPS) is 22.9. The predicted octanol–water partition coefficient (Wildman–Crippen LogP) is 1.44. The fourth-order valence-corrected chi connectivity index (χ4v) is 1.33. The zero-order valence-corrected chi connectivity index (χ0v) is 6.59. The van der Waals surface area contributed by atoms with Crippen molar-refractivity contribution in [1.29, 1.82) is 0 Å². The summed E-state index contributed by atoms with van der Waals surface area (Å²) in [6.45, 7) is 1.48. The molecule has 1 heterocycles. The average Bonchev–Trinajstić information content (AvgIpc) is 2.58. The second-order valence-corrected chi connectivity index (χ2v) is 2.91. The summed E-state index contributed by atoms with van der Waals surface area (Å²) in [6, 6.07) is 6.56. The summed E-state index contributed by atoms with van der Waals surface area (Å²) in [5, 5.41) is 0. The summed E-state index contributed by atoms with van der Waals surface area (Å²) in [7, 11) is 0. The second-order valence-electron chi connectivity index (χ2n) is 2.91. The molecule has 1 saturated heterocycles. The van der Waals surface area contributed by atoms with E-state index in [1.807, 2.05) is 0 Å². The number of nitrogens with one attached hydrogen (secondary N) is 1. The molecular weight excluding hydrogens is 157 g/mol. The van der Waals surface area contributed by atoms with Gasteiger partial charge >= 0.3 is 0 Å². The van der Waals surface area contributed by atoms with Crippen molar-refractivity contribution < 1.29 is 9.23 Å². The van der Waals surface area contributed by atoms with Gasteiger partial charge in [-0.05, 0) is 17.7 Å². The van der Waals surface area contributed by atoms with Crippen LogP contribution in [-0.2, 0) is 4.84 Å². The lowest BCUT2D eigenvalue weighted by Gasteiger charge is -2.05. The van der Waals surface area contributed by atoms with Crippen molar-refractivity contribution in [1.82, 2.24) is 5.48 Å². The van der Waals surface area contributed by atoms with Crippen LogP contribution in [0.2, 0.25) is 0 Å². The smallest absolute Gasteiger partial charge is 0.123 e. The summed E-state index contributed by atoms with van der Waals surface area (Å²) in [5.41, 5.74) is 3.92. The van der Waals surface area contributed by atoms with Gasteiger partial charge in [-0.15, -0.1) is 0 Å². The largest absolute Gasteiger partial charge is 0.301 e. The molecule has 0 radical (unpaired) electrons. The van der Waals surface area contributed by atoms with E-state index in [1.54, 1.807) is 12.1 Å². The number of hydrogen-bond donors (Lipinski definition) is 1. The Morgan fingerprint density at radius 3 is 2.67 bits per heavy atom. The van der Waals surface area contributed by atoms with Crippen molar-refractivity contribution in [3.63, 3.8) is 0 Å². The van der Waals surface area contributed by atoms with Crippen LogP contribution in [0, 0.1) is 5.82 Å². The molecule has 3 heteroatoms. The van der Waals surface area contributed by atoms with Crippen LogP contribution < -0.4 is 5.48 Å². The Labute approximate surface area is 70.3 Å². The van der Waals surface area contributed by atoms with Crippen LogP contribution in [0.3, 0.4) is 0 Å². The van der Waals surface area contributed by atoms with Gasteiger partial charge in [-0.1, -0.05) is 12.1 Å². The molecule has 64 valence electrons. The van der Waals surface area contributed by atoms with Crippen LogP contribution in [0.25, 0.3) is 0 Å². The highest BCUT2D eigenvalue weighted by molar-refractivity contribution is 5.21. The molecule has 1 unspecified atom stereocenters. The minimum absolute atomic E-state index is 0.189. The maximum absolute atomic E-state index is 12.5. The first-order valence-corrected chi connectivity index (χ1v) is 3.96. The predicted molar refractivity (Wildman–Crippen MR) is 43.1 cm³/mol. The highest BCUT2D eigenvalue weighted by Crippen LogP contribution is 2.18. The molecular formula is C9H10FNO. The van der Waals surface area contributed by atoms with Crippen LogP contribution in [0.5, 0.6) is 0 Å². The minimum atomic E-state index is -0.189. The van der Waals surface area contributed by atoms with Crippen LogP contribution >= 0.6 is 0 Å². The van der Waals surface area contributed by atoms with Gasteiger partial charge in [-0.2, -0.15) is 0 Å². The van der Waals surface area contributed by atoms with E-state index in [4.69, 9.17) is 4.84 Å². The highest BCUT2D eigenvalue weighted by Gasteiger charge is 2.16. The fraction of sp³-hybridized carbons (Fsp3) is 0.333. The SMILES string of the molecule is Fc1ccc(C2CNOC2)cc1. The second kappa shape index (κ2) is 3.21. The van der Waals surface area contributed by atoms with Gasteiger partial charge in [0.15, 0.2) is 0 Å². The zero-order valence-electron chi connectivity index (χ0n) is 6.59. The Balaban J connectivity index is 2.17. The highest BCUT2D eigenvalue weighted by atomic mass is 19.1. The molecule has 1 aromatic rings. The molecule has 2 rings (SSSR count). The summed E-state index contributed by atoms with van der Waals surface area (Å²) < 4.78 is 12.5. The number of rotatable bonds is 1. The van der Waals surface area contributed by atoms with E-state index in [9.17, 15) is 4.39 Å². The van der Waals surface area contributed by atoms with E-state index in [0.29, 0.717) is 12.5 Å². The molecule has 1 aromatic carbocycles. The minimum Gasteiger partial charge on any atom is -0.301 e. The number of benzene rings is 1. The van der Waals surface area contributed by atoms with Gasteiger partial charge in [-0.3, -0.25) is 0 Å². The van der Waals surface area contributed by atoms with Crippen LogP contribution in [-0.4, -0.2) is 13.2 Å². The quantitative estimate of drug-likeness (QED) is 0.683. The van der Waals surface area contributed by atoms with Crippen molar-refractivity contribution in [3.05, 3.63) is 35.6 Å². The maximum atomic E-state index is 12.5. The lowest BCUT2D eigenvalue weighted by atomic mass is 10.0. The first-order chi connectivity index (χ1) is 5.86. The van der Waals surface area contributed by atoms with Crippen LogP contribution in [0.1, 0.15) is 11.5 Å². The molecule has 2 nitrogen and oxygen atoms in total. The molecule has 0 bridgehead atoms. The molecule has 1 atom stereocenters. The summed E-state index contributed by atoms with van der Waals surface area (Å²) in [5.74, 6) is 0.177. The van der Waals surface area contributed by atoms with E-state index in [0.717, 1.165) is 12.1 Å². The van der Waals surface area contributed by atoms with E-state index in [-0.39, 0.29) is 5.82 Å². The first kappa shape index (κ1) is 7.71.